The van der Waals surface area contributed by atoms with Crippen molar-refractivity contribution >= 4 is 15.9 Å². The highest BCUT2D eigenvalue weighted by atomic mass is 79.9. The van der Waals surface area contributed by atoms with Crippen LogP contribution < -0.4 is 0 Å². The normalized spacial score (nSPS) is 35.0. The molecule has 2 atom stereocenters. The summed E-state index contributed by atoms with van der Waals surface area (Å²) in [7, 11) is 0. The van der Waals surface area contributed by atoms with E-state index >= 15 is 0 Å². The monoisotopic (exact) mass is 284 g/mol. The summed E-state index contributed by atoms with van der Waals surface area (Å²) in [4.78, 5) is 0. The van der Waals surface area contributed by atoms with Gasteiger partial charge in [0.2, 0.25) is 0 Å². The van der Waals surface area contributed by atoms with E-state index in [1.54, 1.807) is 0 Å². The van der Waals surface area contributed by atoms with E-state index in [4.69, 9.17) is 9.47 Å². The molecule has 88 valence electrons. The first-order chi connectivity index (χ1) is 7.49. The topological polar surface area (TPSA) is 18.5 Å². The number of benzene rings is 1. The summed E-state index contributed by atoms with van der Waals surface area (Å²) >= 11 is 3.43. The number of hydrogen-bond acceptors (Lipinski definition) is 2. The van der Waals surface area contributed by atoms with Gasteiger partial charge in [-0.1, -0.05) is 28.1 Å². The minimum atomic E-state index is -0.613. The molecule has 0 radical (unpaired) electrons. The predicted octanol–water partition coefficient (Wildman–Crippen LogP) is 3.84. The molecule has 0 bridgehead atoms. The van der Waals surface area contributed by atoms with Crippen LogP contribution in [0.4, 0.5) is 0 Å². The zero-order chi connectivity index (χ0) is 11.8. The van der Waals surface area contributed by atoms with Crippen LogP contribution in [0.15, 0.2) is 28.7 Å². The van der Waals surface area contributed by atoms with Crippen LogP contribution >= 0.6 is 15.9 Å². The maximum absolute atomic E-state index is 5.93. The second kappa shape index (κ2) is 4.47. The number of hydrogen-bond donors (Lipinski definition) is 0. The number of rotatable bonds is 1. The molecule has 1 heterocycles. The fraction of sp³-hybridized carbons (Fsp3) is 0.538. The molecule has 0 saturated carbocycles. The van der Waals surface area contributed by atoms with Gasteiger partial charge in [-0.25, -0.2) is 0 Å². The van der Waals surface area contributed by atoms with Gasteiger partial charge < -0.3 is 9.47 Å². The molecule has 2 nitrogen and oxygen atoms in total. The van der Waals surface area contributed by atoms with E-state index in [1.165, 1.54) is 0 Å². The Bertz CT molecular complexity index is 351. The van der Waals surface area contributed by atoms with Crippen LogP contribution in [-0.2, 0) is 15.3 Å². The van der Waals surface area contributed by atoms with Gasteiger partial charge in [0.25, 0.3) is 0 Å². The summed E-state index contributed by atoms with van der Waals surface area (Å²) < 4.78 is 12.9. The molecule has 0 spiro atoms. The molecule has 16 heavy (non-hydrogen) atoms. The van der Waals surface area contributed by atoms with Gasteiger partial charge in [0.1, 0.15) is 0 Å². The van der Waals surface area contributed by atoms with Gasteiger partial charge in [0.15, 0.2) is 5.79 Å². The predicted molar refractivity (Wildman–Crippen MR) is 67.2 cm³/mol. The van der Waals surface area contributed by atoms with Crippen LogP contribution in [0.2, 0.25) is 0 Å². The summed E-state index contributed by atoms with van der Waals surface area (Å²) in [5, 5.41) is 0. The molecule has 1 aromatic rings. The molecule has 3 heteroatoms. The Hall–Kier alpha value is -0.380. The van der Waals surface area contributed by atoms with Crippen LogP contribution in [-0.4, -0.2) is 12.2 Å². The first-order valence-corrected chi connectivity index (χ1v) is 6.40. The van der Waals surface area contributed by atoms with Crippen molar-refractivity contribution in [2.45, 2.75) is 45.2 Å². The Morgan fingerprint density at radius 1 is 1.12 bits per heavy atom. The largest absolute Gasteiger partial charge is 0.343 e. The maximum atomic E-state index is 5.93. The van der Waals surface area contributed by atoms with E-state index in [9.17, 15) is 0 Å². The molecule has 2 rings (SSSR count). The fourth-order valence-electron chi connectivity index (χ4n) is 2.25. The molecule has 1 saturated heterocycles. The SMILES string of the molecule is CC1CC(C)OC(C)(c2ccc(Br)cc2)O1. The van der Waals surface area contributed by atoms with Crippen molar-refractivity contribution in [3.63, 3.8) is 0 Å². The molecule has 2 unspecified atom stereocenters. The van der Waals surface area contributed by atoms with Gasteiger partial charge in [-0.15, -0.1) is 0 Å². The highest BCUT2D eigenvalue weighted by Crippen LogP contribution is 2.35. The zero-order valence-electron chi connectivity index (χ0n) is 9.87. The van der Waals surface area contributed by atoms with Crippen molar-refractivity contribution in [1.82, 2.24) is 0 Å². The number of halogens is 1. The smallest absolute Gasteiger partial charge is 0.192 e. The molecule has 1 aliphatic rings. The van der Waals surface area contributed by atoms with E-state index in [0.717, 1.165) is 16.5 Å². The van der Waals surface area contributed by atoms with E-state index < -0.39 is 5.79 Å². The second-order valence-electron chi connectivity index (χ2n) is 4.55. The van der Waals surface area contributed by atoms with Gasteiger partial charge in [0.05, 0.1) is 12.2 Å². The lowest BCUT2D eigenvalue weighted by Crippen LogP contribution is -2.42. The molecular weight excluding hydrogens is 268 g/mol. The summed E-state index contributed by atoms with van der Waals surface area (Å²) in [6, 6.07) is 8.10. The first kappa shape index (κ1) is 12.1. The Kier molecular flexibility index (Phi) is 3.38. The standard InChI is InChI=1S/C13H17BrO2/c1-9-8-10(2)16-13(3,15-9)11-4-6-12(14)7-5-11/h4-7,9-10H,8H2,1-3H3. The van der Waals surface area contributed by atoms with Crippen molar-refractivity contribution in [3.05, 3.63) is 34.3 Å². The molecule has 1 fully saturated rings. The van der Waals surface area contributed by atoms with Gasteiger partial charge in [-0.2, -0.15) is 0 Å². The van der Waals surface area contributed by atoms with Crippen LogP contribution in [0.1, 0.15) is 32.8 Å². The highest BCUT2D eigenvalue weighted by Gasteiger charge is 2.37. The van der Waals surface area contributed by atoms with Crippen molar-refractivity contribution in [2.24, 2.45) is 0 Å². The van der Waals surface area contributed by atoms with Gasteiger partial charge in [-0.3, -0.25) is 0 Å². The average Bonchev–Trinajstić information content (AvgIpc) is 2.16. The summed E-state index contributed by atoms with van der Waals surface area (Å²) in [6.07, 6.45) is 1.42. The molecular formula is C13H17BrO2. The molecule has 0 N–H and O–H groups in total. The molecule has 0 aromatic heterocycles. The lowest BCUT2D eigenvalue weighted by Gasteiger charge is -2.41. The van der Waals surface area contributed by atoms with Crippen LogP contribution in [0.5, 0.6) is 0 Å². The van der Waals surface area contributed by atoms with Crippen molar-refractivity contribution in [1.29, 1.82) is 0 Å². The number of ether oxygens (including phenoxy) is 2. The van der Waals surface area contributed by atoms with Crippen LogP contribution in [0.25, 0.3) is 0 Å². The van der Waals surface area contributed by atoms with E-state index in [0.29, 0.717) is 0 Å². The third kappa shape index (κ3) is 2.47. The zero-order valence-corrected chi connectivity index (χ0v) is 11.5. The van der Waals surface area contributed by atoms with Crippen molar-refractivity contribution < 1.29 is 9.47 Å². The molecule has 0 amide bonds. The third-order valence-electron chi connectivity index (χ3n) is 2.88. The van der Waals surface area contributed by atoms with Crippen LogP contribution in [0, 0.1) is 0 Å². The highest BCUT2D eigenvalue weighted by molar-refractivity contribution is 9.10. The second-order valence-corrected chi connectivity index (χ2v) is 5.46. The van der Waals surface area contributed by atoms with Crippen molar-refractivity contribution in [2.75, 3.05) is 0 Å². The summed E-state index contributed by atoms with van der Waals surface area (Å²) in [6.45, 7) is 6.18. The minimum Gasteiger partial charge on any atom is -0.343 e. The first-order valence-electron chi connectivity index (χ1n) is 5.61. The lowest BCUT2D eigenvalue weighted by molar-refractivity contribution is -0.311. The van der Waals surface area contributed by atoms with Gasteiger partial charge >= 0.3 is 0 Å². The molecule has 1 aliphatic heterocycles. The quantitative estimate of drug-likeness (QED) is 0.780. The van der Waals surface area contributed by atoms with Gasteiger partial charge in [0, 0.05) is 10.0 Å². The van der Waals surface area contributed by atoms with E-state index in [2.05, 4.69) is 29.8 Å². The Morgan fingerprint density at radius 2 is 1.62 bits per heavy atom. The average molecular weight is 285 g/mol. The summed E-state index contributed by atoms with van der Waals surface area (Å²) in [5.41, 5.74) is 1.06. The molecule has 0 aliphatic carbocycles. The fourth-order valence-corrected chi connectivity index (χ4v) is 2.51. The van der Waals surface area contributed by atoms with E-state index in [1.807, 2.05) is 31.2 Å². The van der Waals surface area contributed by atoms with Crippen LogP contribution in [0.3, 0.4) is 0 Å². The molecule has 1 aromatic carbocycles. The Labute approximate surface area is 105 Å². The van der Waals surface area contributed by atoms with Gasteiger partial charge in [-0.05, 0) is 39.3 Å². The Balaban J connectivity index is 2.26. The lowest BCUT2D eigenvalue weighted by atomic mass is 10.0. The summed E-state index contributed by atoms with van der Waals surface area (Å²) in [5.74, 6) is -0.613. The maximum Gasteiger partial charge on any atom is 0.192 e. The Morgan fingerprint density at radius 3 is 2.12 bits per heavy atom. The van der Waals surface area contributed by atoms with Crippen molar-refractivity contribution in [3.8, 4) is 0 Å². The van der Waals surface area contributed by atoms with E-state index in [-0.39, 0.29) is 12.2 Å². The third-order valence-corrected chi connectivity index (χ3v) is 3.41. The minimum absolute atomic E-state index is 0.234.